The summed E-state index contributed by atoms with van der Waals surface area (Å²) in [6.45, 7) is 1.13. The number of ether oxygens (including phenoxy) is 1. The fourth-order valence-electron chi connectivity index (χ4n) is 0.123. The molecule has 0 fully saturated rings. The predicted molar refractivity (Wildman–Crippen MR) is 26.1 cm³/mol. The number of hydrogen-bond donors (Lipinski definition) is 1. The Labute approximate surface area is 46.1 Å². The lowest BCUT2D eigenvalue weighted by Gasteiger charge is -1.86. The predicted octanol–water partition coefficient (Wildman–Crippen LogP) is 0.599. The summed E-state index contributed by atoms with van der Waals surface area (Å²) in [5.74, 6) is -0.639. The number of carbonyl (C=O) groups excluding carboxylic acids is 2. The first-order valence-corrected chi connectivity index (χ1v) is 1.99. The molecule has 0 atom stereocenters. The van der Waals surface area contributed by atoms with Crippen molar-refractivity contribution in [3.05, 3.63) is 0 Å². The summed E-state index contributed by atoms with van der Waals surface area (Å²) >= 11 is 3.16. The van der Waals surface area contributed by atoms with Crippen LogP contribution in [-0.2, 0) is 9.53 Å². The molecule has 0 aromatic rings. The van der Waals surface area contributed by atoms with Crippen LogP contribution in [-0.4, -0.2) is 11.3 Å². The van der Waals surface area contributed by atoms with Gasteiger partial charge in [0.25, 0.3) is 0 Å². The first-order valence-electron chi connectivity index (χ1n) is 1.54. The van der Waals surface area contributed by atoms with E-state index in [0.717, 1.165) is 6.92 Å². The lowest BCUT2D eigenvalue weighted by Crippen LogP contribution is -1.99. The molecular formula is C3H4O3S. The molecule has 0 aromatic carbocycles. The van der Waals surface area contributed by atoms with Gasteiger partial charge in [-0.25, -0.2) is 4.79 Å². The van der Waals surface area contributed by atoms with E-state index in [1.165, 1.54) is 0 Å². The van der Waals surface area contributed by atoms with E-state index >= 15 is 0 Å². The van der Waals surface area contributed by atoms with Gasteiger partial charge < -0.3 is 4.74 Å². The van der Waals surface area contributed by atoms with E-state index < -0.39 is 11.3 Å². The van der Waals surface area contributed by atoms with Crippen LogP contribution in [0.3, 0.4) is 0 Å². The first-order chi connectivity index (χ1) is 3.13. The van der Waals surface area contributed by atoms with Crippen LogP contribution in [0.4, 0.5) is 4.79 Å². The van der Waals surface area contributed by atoms with Gasteiger partial charge in [-0.3, -0.25) is 4.79 Å². The van der Waals surface area contributed by atoms with Gasteiger partial charge in [-0.1, -0.05) is 12.6 Å². The average Bonchev–Trinajstić information content (AvgIpc) is 1.27. The monoisotopic (exact) mass is 120 g/mol. The van der Waals surface area contributed by atoms with Crippen molar-refractivity contribution in [2.24, 2.45) is 0 Å². The highest BCUT2D eigenvalue weighted by Gasteiger charge is 1.94. The third-order valence-electron chi connectivity index (χ3n) is 0.231. The van der Waals surface area contributed by atoms with Crippen LogP contribution in [0.15, 0.2) is 0 Å². The third-order valence-corrected chi connectivity index (χ3v) is 0.322. The van der Waals surface area contributed by atoms with E-state index in [1.54, 1.807) is 0 Å². The Balaban J connectivity index is 3.32. The van der Waals surface area contributed by atoms with E-state index in [2.05, 4.69) is 17.4 Å². The highest BCUT2D eigenvalue weighted by atomic mass is 32.1. The molecule has 0 aromatic heterocycles. The van der Waals surface area contributed by atoms with Crippen LogP contribution in [0, 0.1) is 0 Å². The number of esters is 1. The Morgan fingerprint density at radius 1 is 1.57 bits per heavy atom. The van der Waals surface area contributed by atoms with Gasteiger partial charge >= 0.3 is 11.3 Å². The van der Waals surface area contributed by atoms with Gasteiger partial charge in [0.05, 0.1) is 0 Å². The largest absolute Gasteiger partial charge is 0.385 e. The Hall–Kier alpha value is -0.510. The minimum absolute atomic E-state index is 0.639. The molecule has 0 saturated heterocycles. The van der Waals surface area contributed by atoms with E-state index in [4.69, 9.17) is 0 Å². The van der Waals surface area contributed by atoms with Crippen molar-refractivity contribution >= 4 is 23.9 Å². The molecule has 0 amide bonds. The minimum Gasteiger partial charge on any atom is -0.385 e. The van der Waals surface area contributed by atoms with Gasteiger partial charge in [0.15, 0.2) is 0 Å². The smallest absolute Gasteiger partial charge is 0.371 e. The first kappa shape index (κ1) is 6.49. The Morgan fingerprint density at radius 3 is 2.00 bits per heavy atom. The molecule has 0 bridgehead atoms. The second-order valence-corrected chi connectivity index (χ2v) is 1.22. The number of rotatable bonds is 0. The van der Waals surface area contributed by atoms with E-state index in [-0.39, 0.29) is 0 Å². The van der Waals surface area contributed by atoms with Crippen molar-refractivity contribution in [3.8, 4) is 0 Å². The lowest BCUT2D eigenvalue weighted by molar-refractivity contribution is -0.133. The van der Waals surface area contributed by atoms with Crippen molar-refractivity contribution < 1.29 is 14.3 Å². The van der Waals surface area contributed by atoms with E-state index in [1.807, 2.05) is 0 Å². The zero-order valence-corrected chi connectivity index (χ0v) is 4.57. The zero-order valence-electron chi connectivity index (χ0n) is 3.67. The molecule has 0 N–H and O–H groups in total. The maximum atomic E-state index is 9.76. The molecule has 0 unspecified atom stereocenters. The maximum Gasteiger partial charge on any atom is 0.371 e. The van der Waals surface area contributed by atoms with Crippen LogP contribution in [0.2, 0.25) is 0 Å². The fourth-order valence-corrected chi connectivity index (χ4v) is 0.252. The van der Waals surface area contributed by atoms with Gasteiger partial charge in [0.1, 0.15) is 0 Å². The standard InChI is InChI=1S/C3H4O3S/c1-2(4)6-3(5)7/h1H3,(H,5,7). The van der Waals surface area contributed by atoms with Crippen molar-refractivity contribution in [1.82, 2.24) is 0 Å². The Kier molecular flexibility index (Phi) is 2.44. The molecule has 0 spiro atoms. The molecule has 0 radical (unpaired) electrons. The highest BCUT2D eigenvalue weighted by molar-refractivity contribution is 7.96. The van der Waals surface area contributed by atoms with E-state index in [9.17, 15) is 9.59 Å². The van der Waals surface area contributed by atoms with Crippen LogP contribution < -0.4 is 0 Å². The molecule has 0 rings (SSSR count). The minimum atomic E-state index is -0.868. The Bertz CT molecular complexity index is 86.4. The maximum absolute atomic E-state index is 9.76. The summed E-state index contributed by atoms with van der Waals surface area (Å²) in [6.07, 6.45) is 0. The summed E-state index contributed by atoms with van der Waals surface area (Å²) in [4.78, 5) is 19.4. The molecule has 4 heteroatoms. The normalized spacial score (nSPS) is 7.71. The van der Waals surface area contributed by atoms with E-state index in [0.29, 0.717) is 0 Å². The summed E-state index contributed by atoms with van der Waals surface area (Å²) in [5, 5.41) is -0.868. The van der Waals surface area contributed by atoms with Crippen LogP contribution in [0.1, 0.15) is 6.92 Å². The zero-order chi connectivity index (χ0) is 5.86. The third kappa shape index (κ3) is 5.49. The van der Waals surface area contributed by atoms with Gasteiger partial charge in [0, 0.05) is 6.92 Å². The molecule has 0 saturated carbocycles. The summed E-state index contributed by atoms with van der Waals surface area (Å²) in [5.41, 5.74) is 0. The van der Waals surface area contributed by atoms with Gasteiger partial charge in [-0.15, -0.1) is 0 Å². The van der Waals surface area contributed by atoms with Crippen molar-refractivity contribution in [2.45, 2.75) is 6.92 Å². The number of hydrogen-bond acceptors (Lipinski definition) is 3. The molecule has 0 aliphatic heterocycles. The van der Waals surface area contributed by atoms with Gasteiger partial charge in [-0.2, -0.15) is 0 Å². The Morgan fingerprint density at radius 2 is 2.00 bits per heavy atom. The fraction of sp³-hybridized carbons (Fsp3) is 0.333. The van der Waals surface area contributed by atoms with Crippen molar-refractivity contribution in [3.63, 3.8) is 0 Å². The van der Waals surface area contributed by atoms with Crippen LogP contribution in [0.5, 0.6) is 0 Å². The molecule has 0 heterocycles. The van der Waals surface area contributed by atoms with Crippen LogP contribution in [0.25, 0.3) is 0 Å². The molecule has 40 valence electrons. The van der Waals surface area contributed by atoms with Crippen LogP contribution >= 0.6 is 12.6 Å². The lowest BCUT2D eigenvalue weighted by atomic mass is 10.8. The molecule has 3 nitrogen and oxygen atoms in total. The number of thiol groups is 1. The SMILES string of the molecule is CC(=O)OC(=O)S. The summed E-state index contributed by atoms with van der Waals surface area (Å²) in [7, 11) is 0. The molecule has 7 heavy (non-hydrogen) atoms. The molecular weight excluding hydrogens is 116 g/mol. The topological polar surface area (TPSA) is 43.4 Å². The van der Waals surface area contributed by atoms with Gasteiger partial charge in [-0.05, 0) is 0 Å². The quantitative estimate of drug-likeness (QED) is 0.289. The summed E-state index contributed by atoms with van der Waals surface area (Å²) in [6, 6.07) is 0. The second kappa shape index (κ2) is 2.63. The number of carbonyl (C=O) groups is 2. The van der Waals surface area contributed by atoms with Gasteiger partial charge in [0.2, 0.25) is 0 Å². The molecule has 0 aliphatic rings. The average molecular weight is 120 g/mol. The molecule has 0 aliphatic carbocycles. The summed E-state index contributed by atoms with van der Waals surface area (Å²) < 4.78 is 3.84. The second-order valence-electron chi connectivity index (χ2n) is 0.860. The van der Waals surface area contributed by atoms with Crippen molar-refractivity contribution in [1.29, 1.82) is 0 Å². The highest BCUT2D eigenvalue weighted by Crippen LogP contribution is 1.84. The van der Waals surface area contributed by atoms with Crippen molar-refractivity contribution in [2.75, 3.05) is 0 Å².